The summed E-state index contributed by atoms with van der Waals surface area (Å²) in [6, 6.07) is 8.49. The molecular formula is C13H19NO. The summed E-state index contributed by atoms with van der Waals surface area (Å²) in [6.45, 7) is 1.07. The molecule has 0 saturated heterocycles. The van der Waals surface area contributed by atoms with E-state index in [1.54, 1.807) is 7.11 Å². The summed E-state index contributed by atoms with van der Waals surface area (Å²) in [5.74, 6) is 0.967. The van der Waals surface area contributed by atoms with Crippen LogP contribution in [0.3, 0.4) is 0 Å². The summed E-state index contributed by atoms with van der Waals surface area (Å²) in [6.07, 6.45) is 3.93. The van der Waals surface area contributed by atoms with Crippen molar-refractivity contribution in [1.82, 2.24) is 5.32 Å². The summed E-state index contributed by atoms with van der Waals surface area (Å²) >= 11 is 0. The summed E-state index contributed by atoms with van der Waals surface area (Å²) in [5, 5.41) is 3.31. The Bertz CT molecular complexity index is 331. The highest BCUT2D eigenvalue weighted by Gasteiger charge is 2.37. The van der Waals surface area contributed by atoms with Crippen LogP contribution < -0.4 is 10.1 Å². The van der Waals surface area contributed by atoms with E-state index in [0.29, 0.717) is 5.41 Å². The summed E-state index contributed by atoms with van der Waals surface area (Å²) in [7, 11) is 3.75. The molecule has 0 radical (unpaired) electrons. The number of hydrogen-bond acceptors (Lipinski definition) is 2. The molecule has 0 spiro atoms. The summed E-state index contributed by atoms with van der Waals surface area (Å²) in [4.78, 5) is 0. The van der Waals surface area contributed by atoms with Crippen molar-refractivity contribution in [3.63, 3.8) is 0 Å². The predicted molar refractivity (Wildman–Crippen MR) is 62.4 cm³/mol. The normalized spacial score (nSPS) is 18.3. The van der Waals surface area contributed by atoms with Crippen molar-refractivity contribution >= 4 is 0 Å². The van der Waals surface area contributed by atoms with Crippen molar-refractivity contribution in [2.24, 2.45) is 0 Å². The molecule has 1 aromatic rings. The van der Waals surface area contributed by atoms with Crippen LogP contribution in [0.2, 0.25) is 0 Å². The molecule has 0 bridgehead atoms. The molecule has 82 valence electrons. The van der Waals surface area contributed by atoms with E-state index >= 15 is 0 Å². The van der Waals surface area contributed by atoms with Crippen molar-refractivity contribution in [2.45, 2.75) is 24.7 Å². The van der Waals surface area contributed by atoms with Gasteiger partial charge >= 0.3 is 0 Å². The minimum atomic E-state index is 0.364. The van der Waals surface area contributed by atoms with E-state index in [0.717, 1.165) is 12.3 Å². The lowest BCUT2D eigenvalue weighted by Crippen LogP contribution is -2.42. The van der Waals surface area contributed by atoms with Gasteiger partial charge in [-0.1, -0.05) is 18.6 Å². The van der Waals surface area contributed by atoms with E-state index in [1.165, 1.54) is 24.8 Å². The Balaban J connectivity index is 2.26. The molecule has 1 aliphatic carbocycles. The zero-order chi connectivity index (χ0) is 10.7. The van der Waals surface area contributed by atoms with Crippen LogP contribution >= 0.6 is 0 Å². The highest BCUT2D eigenvalue weighted by molar-refractivity contribution is 5.35. The average molecular weight is 205 g/mol. The minimum absolute atomic E-state index is 0.364. The zero-order valence-corrected chi connectivity index (χ0v) is 9.55. The molecule has 0 unspecified atom stereocenters. The van der Waals surface area contributed by atoms with Gasteiger partial charge in [0.1, 0.15) is 5.75 Å². The number of hydrogen-bond donors (Lipinski definition) is 1. The Hall–Kier alpha value is -1.02. The maximum absolute atomic E-state index is 5.28. The van der Waals surface area contributed by atoms with Gasteiger partial charge in [-0.25, -0.2) is 0 Å². The van der Waals surface area contributed by atoms with Crippen LogP contribution in [-0.2, 0) is 5.41 Å². The first kappa shape index (κ1) is 10.5. The monoisotopic (exact) mass is 205 g/mol. The molecular weight excluding hydrogens is 186 g/mol. The van der Waals surface area contributed by atoms with Crippen LogP contribution in [0, 0.1) is 0 Å². The first-order chi connectivity index (χ1) is 7.30. The van der Waals surface area contributed by atoms with E-state index in [9.17, 15) is 0 Å². The van der Waals surface area contributed by atoms with E-state index in [-0.39, 0.29) is 0 Å². The number of rotatable bonds is 4. The molecule has 0 aliphatic heterocycles. The van der Waals surface area contributed by atoms with Crippen LogP contribution in [0.25, 0.3) is 0 Å². The number of benzene rings is 1. The topological polar surface area (TPSA) is 21.3 Å². The van der Waals surface area contributed by atoms with E-state index in [1.807, 2.05) is 13.1 Å². The maximum atomic E-state index is 5.28. The number of likely N-dealkylation sites (N-methyl/N-ethyl adjacent to an activating group) is 1. The SMILES string of the molecule is CNCC1(c2cccc(OC)c2)CCC1. The minimum Gasteiger partial charge on any atom is -0.497 e. The number of nitrogens with one attached hydrogen (secondary N) is 1. The second kappa shape index (κ2) is 4.23. The van der Waals surface area contributed by atoms with Crippen molar-refractivity contribution in [3.8, 4) is 5.75 Å². The van der Waals surface area contributed by atoms with E-state index in [2.05, 4.69) is 23.5 Å². The van der Waals surface area contributed by atoms with Crippen molar-refractivity contribution in [3.05, 3.63) is 29.8 Å². The van der Waals surface area contributed by atoms with Gasteiger partial charge in [-0.05, 0) is 37.6 Å². The molecule has 0 atom stereocenters. The quantitative estimate of drug-likeness (QED) is 0.814. The van der Waals surface area contributed by atoms with Gasteiger partial charge in [0.2, 0.25) is 0 Å². The third-order valence-electron chi connectivity index (χ3n) is 3.51. The van der Waals surface area contributed by atoms with Gasteiger partial charge < -0.3 is 10.1 Å². The van der Waals surface area contributed by atoms with Gasteiger partial charge in [0.15, 0.2) is 0 Å². The Morgan fingerprint density at radius 3 is 2.73 bits per heavy atom. The Morgan fingerprint density at radius 2 is 2.20 bits per heavy atom. The van der Waals surface area contributed by atoms with Crippen molar-refractivity contribution in [1.29, 1.82) is 0 Å². The highest BCUT2D eigenvalue weighted by atomic mass is 16.5. The standard InChI is InChI=1S/C13H19NO/c1-14-10-13(7-4-8-13)11-5-3-6-12(9-11)15-2/h3,5-6,9,14H,4,7-8,10H2,1-2H3. The van der Waals surface area contributed by atoms with E-state index in [4.69, 9.17) is 4.74 Å². The largest absolute Gasteiger partial charge is 0.497 e. The fourth-order valence-electron chi connectivity index (χ4n) is 2.46. The average Bonchev–Trinajstić information content (AvgIpc) is 2.23. The summed E-state index contributed by atoms with van der Waals surface area (Å²) < 4.78 is 5.28. The fraction of sp³-hybridized carbons (Fsp3) is 0.538. The Morgan fingerprint density at radius 1 is 1.40 bits per heavy atom. The lowest BCUT2D eigenvalue weighted by molar-refractivity contribution is 0.238. The second-order valence-corrected chi connectivity index (χ2v) is 4.40. The summed E-state index contributed by atoms with van der Waals surface area (Å²) in [5.41, 5.74) is 1.78. The highest BCUT2D eigenvalue weighted by Crippen LogP contribution is 2.43. The molecule has 1 saturated carbocycles. The lowest BCUT2D eigenvalue weighted by Gasteiger charge is -2.42. The van der Waals surface area contributed by atoms with Crippen molar-refractivity contribution in [2.75, 3.05) is 20.7 Å². The fourth-order valence-corrected chi connectivity index (χ4v) is 2.46. The van der Waals surface area contributed by atoms with Crippen LogP contribution in [-0.4, -0.2) is 20.7 Å². The molecule has 2 rings (SSSR count). The van der Waals surface area contributed by atoms with Crippen LogP contribution in [0.1, 0.15) is 24.8 Å². The van der Waals surface area contributed by atoms with Crippen LogP contribution in [0.5, 0.6) is 5.75 Å². The third kappa shape index (κ3) is 1.86. The molecule has 1 fully saturated rings. The molecule has 0 aromatic heterocycles. The molecule has 2 heteroatoms. The van der Waals surface area contributed by atoms with Gasteiger partial charge in [-0.2, -0.15) is 0 Å². The Kier molecular flexibility index (Phi) is 2.96. The van der Waals surface area contributed by atoms with Gasteiger partial charge in [-0.3, -0.25) is 0 Å². The zero-order valence-electron chi connectivity index (χ0n) is 9.55. The van der Waals surface area contributed by atoms with Gasteiger partial charge in [0.25, 0.3) is 0 Å². The van der Waals surface area contributed by atoms with Crippen molar-refractivity contribution < 1.29 is 4.74 Å². The number of methoxy groups -OCH3 is 1. The second-order valence-electron chi connectivity index (χ2n) is 4.40. The Labute approximate surface area is 91.6 Å². The third-order valence-corrected chi connectivity index (χ3v) is 3.51. The van der Waals surface area contributed by atoms with Gasteiger partial charge in [-0.15, -0.1) is 0 Å². The number of ether oxygens (including phenoxy) is 1. The predicted octanol–water partition coefficient (Wildman–Crippen LogP) is 2.34. The van der Waals surface area contributed by atoms with Gasteiger partial charge in [0, 0.05) is 12.0 Å². The first-order valence-corrected chi connectivity index (χ1v) is 5.60. The molecule has 1 aromatic carbocycles. The first-order valence-electron chi connectivity index (χ1n) is 5.60. The molecule has 1 aliphatic rings. The van der Waals surface area contributed by atoms with Crippen LogP contribution in [0.15, 0.2) is 24.3 Å². The molecule has 15 heavy (non-hydrogen) atoms. The molecule has 1 N–H and O–H groups in total. The molecule has 0 heterocycles. The van der Waals surface area contributed by atoms with E-state index < -0.39 is 0 Å². The van der Waals surface area contributed by atoms with Gasteiger partial charge in [0.05, 0.1) is 7.11 Å². The maximum Gasteiger partial charge on any atom is 0.119 e. The molecule has 0 amide bonds. The smallest absolute Gasteiger partial charge is 0.119 e. The lowest BCUT2D eigenvalue weighted by atomic mass is 9.64. The van der Waals surface area contributed by atoms with Crippen LogP contribution in [0.4, 0.5) is 0 Å². The molecule has 2 nitrogen and oxygen atoms in total.